The van der Waals surface area contributed by atoms with Crippen LogP contribution in [-0.4, -0.2) is 15.0 Å². The molecule has 0 spiro atoms. The Bertz CT molecular complexity index is 3920. The summed E-state index contributed by atoms with van der Waals surface area (Å²) < 4.78 is 19.8. The minimum Gasteiger partial charge on any atom is -0.456 e. The molecule has 0 aliphatic rings. The van der Waals surface area contributed by atoms with Crippen LogP contribution in [0.1, 0.15) is 0 Å². The lowest BCUT2D eigenvalue weighted by atomic mass is 9.94. The second kappa shape index (κ2) is 14.0. The molecule has 6 nitrogen and oxygen atoms in total. The number of benzene rings is 9. The molecule has 0 fully saturated rings. The molecule has 0 bridgehead atoms. The molecule has 0 saturated heterocycles. The molecule has 6 heteroatoms. The third-order valence-electron chi connectivity index (χ3n) is 12.1. The summed E-state index contributed by atoms with van der Waals surface area (Å²) in [7, 11) is 0. The predicted molar refractivity (Wildman–Crippen MR) is 254 cm³/mol. The Morgan fingerprint density at radius 2 is 0.778 bits per heavy atom. The van der Waals surface area contributed by atoms with Gasteiger partial charge in [0.1, 0.15) is 33.5 Å². The fraction of sp³-hybridized carbons (Fsp3) is 0. The zero-order valence-corrected chi connectivity index (χ0v) is 33.6. The van der Waals surface area contributed by atoms with Crippen LogP contribution in [0.25, 0.3) is 133 Å². The summed E-state index contributed by atoms with van der Waals surface area (Å²) >= 11 is 0. The molecule has 294 valence electrons. The highest BCUT2D eigenvalue weighted by Gasteiger charge is 2.22. The first-order chi connectivity index (χ1) is 31.2. The maximum atomic E-state index is 6.95. The lowest BCUT2D eigenvalue weighted by Crippen LogP contribution is -2.00. The van der Waals surface area contributed by atoms with Crippen LogP contribution >= 0.6 is 0 Å². The molecule has 4 aromatic heterocycles. The van der Waals surface area contributed by atoms with Gasteiger partial charge in [-0.1, -0.05) is 140 Å². The van der Waals surface area contributed by atoms with Gasteiger partial charge in [-0.3, -0.25) is 0 Å². The van der Waals surface area contributed by atoms with Gasteiger partial charge in [0.15, 0.2) is 17.5 Å². The van der Waals surface area contributed by atoms with Crippen LogP contribution in [0.3, 0.4) is 0 Å². The number of nitrogens with zero attached hydrogens (tertiary/aromatic N) is 3. The maximum Gasteiger partial charge on any atom is 0.164 e. The van der Waals surface area contributed by atoms with Crippen LogP contribution in [0, 0.1) is 0 Å². The third-order valence-corrected chi connectivity index (χ3v) is 12.1. The van der Waals surface area contributed by atoms with E-state index in [-0.39, 0.29) is 0 Å². The molecule has 13 aromatic rings. The molecule has 63 heavy (non-hydrogen) atoms. The third kappa shape index (κ3) is 5.84. The summed E-state index contributed by atoms with van der Waals surface area (Å²) in [6.45, 7) is 0. The van der Waals surface area contributed by atoms with Crippen molar-refractivity contribution in [3.8, 4) is 67.5 Å². The van der Waals surface area contributed by atoms with Crippen molar-refractivity contribution in [1.29, 1.82) is 0 Å². The van der Waals surface area contributed by atoms with E-state index in [9.17, 15) is 0 Å². The van der Waals surface area contributed by atoms with Crippen molar-refractivity contribution in [3.05, 3.63) is 200 Å². The zero-order valence-electron chi connectivity index (χ0n) is 33.6. The van der Waals surface area contributed by atoms with Gasteiger partial charge in [-0.15, -0.1) is 0 Å². The minimum atomic E-state index is 0.552. The molecular formula is C57H33N3O3. The number of para-hydroxylation sites is 2. The fourth-order valence-electron chi connectivity index (χ4n) is 9.11. The minimum absolute atomic E-state index is 0.552. The largest absolute Gasteiger partial charge is 0.456 e. The molecule has 4 heterocycles. The molecule has 9 aromatic carbocycles. The number of fused-ring (bicyclic) bond motifs is 9. The van der Waals surface area contributed by atoms with Gasteiger partial charge in [0, 0.05) is 54.6 Å². The topological polar surface area (TPSA) is 78.1 Å². The lowest BCUT2D eigenvalue weighted by Gasteiger charge is -2.11. The van der Waals surface area contributed by atoms with E-state index in [0.29, 0.717) is 17.5 Å². The molecule has 0 amide bonds. The van der Waals surface area contributed by atoms with Crippen molar-refractivity contribution in [2.45, 2.75) is 0 Å². The van der Waals surface area contributed by atoms with E-state index >= 15 is 0 Å². The van der Waals surface area contributed by atoms with E-state index in [1.54, 1.807) is 0 Å². The fourth-order valence-corrected chi connectivity index (χ4v) is 9.11. The second-order valence-electron chi connectivity index (χ2n) is 15.9. The highest BCUT2D eigenvalue weighted by Crippen LogP contribution is 2.45. The van der Waals surface area contributed by atoms with Gasteiger partial charge < -0.3 is 13.3 Å². The highest BCUT2D eigenvalue weighted by atomic mass is 16.3. The van der Waals surface area contributed by atoms with Crippen molar-refractivity contribution in [2.24, 2.45) is 0 Å². The van der Waals surface area contributed by atoms with Crippen LogP contribution in [0.2, 0.25) is 0 Å². The number of aromatic nitrogens is 3. The molecule has 0 N–H and O–H groups in total. The predicted octanol–water partition coefficient (Wildman–Crippen LogP) is 15.6. The number of rotatable bonds is 6. The molecule has 0 atom stereocenters. The smallest absolute Gasteiger partial charge is 0.164 e. The van der Waals surface area contributed by atoms with Crippen molar-refractivity contribution in [1.82, 2.24) is 15.0 Å². The standard InChI is InChI=1S/C57H33N3O3/c1-3-13-34(14-4-1)36-17-11-18-39(29-36)56-58-55(35-15-5-2-6-16-35)59-57(60-56)45-21-12-24-50-53(45)47-31-40(37-25-27-43-41-19-7-9-22-48(41)61-51(43)32-37)30-46(54(47)63-50)38-26-28-44-42-20-8-10-23-49(42)62-52(44)33-38/h1-33H. The van der Waals surface area contributed by atoms with Crippen LogP contribution in [-0.2, 0) is 0 Å². The summed E-state index contributed by atoms with van der Waals surface area (Å²) in [5, 5.41) is 6.19. The average molecular weight is 808 g/mol. The van der Waals surface area contributed by atoms with Gasteiger partial charge in [0.05, 0.1) is 0 Å². The van der Waals surface area contributed by atoms with Crippen LogP contribution in [0.15, 0.2) is 213 Å². The van der Waals surface area contributed by atoms with E-state index in [1.807, 2.05) is 84.9 Å². The molecule has 0 saturated carbocycles. The van der Waals surface area contributed by atoms with Crippen molar-refractivity contribution < 1.29 is 13.3 Å². The molecule has 0 aliphatic heterocycles. The SMILES string of the molecule is c1ccc(-c2cccc(-c3nc(-c4ccccc4)nc(-c4cccc5oc6c(-c7ccc8c(c7)oc7ccccc78)cc(-c7ccc8c(c7)oc7ccccc78)cc6c45)n3)c2)cc1. The first-order valence-corrected chi connectivity index (χ1v) is 21.0. The monoisotopic (exact) mass is 807 g/mol. The Balaban J connectivity index is 1.06. The van der Waals surface area contributed by atoms with Crippen molar-refractivity contribution >= 4 is 65.8 Å². The number of hydrogen-bond acceptors (Lipinski definition) is 6. The summed E-state index contributed by atoms with van der Waals surface area (Å²) in [6, 6.07) is 68.6. The van der Waals surface area contributed by atoms with Crippen LogP contribution in [0.5, 0.6) is 0 Å². The summed E-state index contributed by atoms with van der Waals surface area (Å²) in [5.41, 5.74) is 13.7. The maximum absolute atomic E-state index is 6.95. The van der Waals surface area contributed by atoms with Gasteiger partial charge in [-0.25, -0.2) is 15.0 Å². The zero-order chi connectivity index (χ0) is 41.4. The first-order valence-electron chi connectivity index (χ1n) is 21.0. The molecule has 13 rings (SSSR count). The van der Waals surface area contributed by atoms with Crippen molar-refractivity contribution in [2.75, 3.05) is 0 Å². The Morgan fingerprint density at radius 1 is 0.254 bits per heavy atom. The summed E-state index contributed by atoms with van der Waals surface area (Å²) in [6.07, 6.45) is 0. The molecule has 0 radical (unpaired) electrons. The van der Waals surface area contributed by atoms with Gasteiger partial charge in [-0.05, 0) is 88.5 Å². The average Bonchev–Trinajstić information content (AvgIpc) is 4.05. The van der Waals surface area contributed by atoms with Gasteiger partial charge in [0.25, 0.3) is 0 Å². The van der Waals surface area contributed by atoms with E-state index in [2.05, 4.69) is 115 Å². The first kappa shape index (κ1) is 35.2. The lowest BCUT2D eigenvalue weighted by molar-refractivity contribution is 0.668. The number of furan rings is 3. The van der Waals surface area contributed by atoms with Crippen LogP contribution in [0.4, 0.5) is 0 Å². The van der Waals surface area contributed by atoms with Gasteiger partial charge >= 0.3 is 0 Å². The Kier molecular flexibility index (Phi) is 7.80. The molecule has 0 aliphatic carbocycles. The van der Waals surface area contributed by atoms with Crippen LogP contribution < -0.4 is 0 Å². The van der Waals surface area contributed by atoms with E-state index in [0.717, 1.165) is 116 Å². The second-order valence-corrected chi connectivity index (χ2v) is 15.9. The molecule has 0 unspecified atom stereocenters. The van der Waals surface area contributed by atoms with Crippen molar-refractivity contribution in [3.63, 3.8) is 0 Å². The normalized spacial score (nSPS) is 11.8. The highest BCUT2D eigenvalue weighted by molar-refractivity contribution is 6.17. The number of hydrogen-bond donors (Lipinski definition) is 0. The summed E-state index contributed by atoms with van der Waals surface area (Å²) in [5.74, 6) is 1.72. The van der Waals surface area contributed by atoms with Gasteiger partial charge in [-0.2, -0.15) is 0 Å². The van der Waals surface area contributed by atoms with Gasteiger partial charge in [0.2, 0.25) is 0 Å². The quantitative estimate of drug-likeness (QED) is 0.166. The van der Waals surface area contributed by atoms with E-state index < -0.39 is 0 Å². The Morgan fingerprint density at radius 3 is 1.51 bits per heavy atom. The summed E-state index contributed by atoms with van der Waals surface area (Å²) in [4.78, 5) is 15.5. The Hall–Kier alpha value is -8.61. The Labute approximate surface area is 360 Å². The van der Waals surface area contributed by atoms with E-state index in [1.165, 1.54) is 0 Å². The van der Waals surface area contributed by atoms with E-state index in [4.69, 9.17) is 28.2 Å². The molecular weight excluding hydrogens is 775 g/mol.